The number of nitrogens with zero attached hydrogens (tertiary/aromatic N) is 3. The van der Waals surface area contributed by atoms with Gasteiger partial charge in [0.1, 0.15) is 5.01 Å². The Morgan fingerprint density at radius 1 is 1.38 bits per heavy atom. The van der Waals surface area contributed by atoms with Crippen LogP contribution in [0.3, 0.4) is 0 Å². The van der Waals surface area contributed by atoms with Crippen LogP contribution in [0.15, 0.2) is 0 Å². The van der Waals surface area contributed by atoms with Crippen LogP contribution in [0.4, 0.5) is 5.13 Å². The van der Waals surface area contributed by atoms with Gasteiger partial charge in [0, 0.05) is 30.8 Å². The van der Waals surface area contributed by atoms with Crippen molar-refractivity contribution in [3.63, 3.8) is 0 Å². The summed E-state index contributed by atoms with van der Waals surface area (Å²) >= 11 is 1.14. The molecule has 3 rings (SSSR count). The number of fused-ring (bicyclic) bond motifs is 1. The van der Waals surface area contributed by atoms with Gasteiger partial charge in [-0.15, -0.1) is 22.6 Å². The summed E-state index contributed by atoms with van der Waals surface area (Å²) in [5.74, 6) is -0.709. The first-order valence-electron chi connectivity index (χ1n) is 7.23. The summed E-state index contributed by atoms with van der Waals surface area (Å²) in [6, 6.07) is 0. The standard InChI is InChI=1S/C13H16N6O3S.ClH/c1-2-22-10(20)5-9-17-19-13(23-9)15-12(21)11-7-6-14-4-3-8(7)16-18-11;/h14H,2-6H2,1H3,(H,16,18)(H,15,19,21);1H. The van der Waals surface area contributed by atoms with Gasteiger partial charge in [0.15, 0.2) is 5.69 Å². The maximum atomic E-state index is 12.3. The molecule has 9 nitrogen and oxygen atoms in total. The number of aromatic amines is 1. The second kappa shape index (κ2) is 8.18. The lowest BCUT2D eigenvalue weighted by atomic mass is 10.1. The predicted molar refractivity (Wildman–Crippen MR) is 89.4 cm³/mol. The molecular formula is C13H17ClN6O3S. The lowest BCUT2D eigenvalue weighted by Gasteiger charge is -2.12. The normalized spacial score (nSPS) is 12.9. The Labute approximate surface area is 148 Å². The molecule has 0 radical (unpaired) electrons. The number of carbonyl (C=O) groups is 2. The fourth-order valence-electron chi connectivity index (χ4n) is 2.28. The molecule has 1 amide bonds. The van der Waals surface area contributed by atoms with E-state index in [1.165, 1.54) is 0 Å². The highest BCUT2D eigenvalue weighted by Gasteiger charge is 2.22. The highest BCUT2D eigenvalue weighted by Crippen LogP contribution is 2.19. The predicted octanol–water partition coefficient (Wildman–Crippen LogP) is 0.687. The van der Waals surface area contributed by atoms with E-state index in [0.717, 1.165) is 35.6 Å². The topological polar surface area (TPSA) is 122 Å². The van der Waals surface area contributed by atoms with E-state index in [1.54, 1.807) is 6.92 Å². The van der Waals surface area contributed by atoms with Gasteiger partial charge in [0.2, 0.25) is 5.13 Å². The van der Waals surface area contributed by atoms with E-state index in [-0.39, 0.29) is 30.7 Å². The quantitative estimate of drug-likeness (QED) is 0.660. The van der Waals surface area contributed by atoms with Crippen molar-refractivity contribution in [1.29, 1.82) is 0 Å². The van der Waals surface area contributed by atoms with Crippen LogP contribution in [0.1, 0.15) is 33.7 Å². The molecule has 0 saturated carbocycles. The van der Waals surface area contributed by atoms with Crippen molar-refractivity contribution >= 4 is 40.8 Å². The van der Waals surface area contributed by atoms with Crippen LogP contribution in [0.2, 0.25) is 0 Å². The molecule has 0 saturated heterocycles. The van der Waals surface area contributed by atoms with Crippen molar-refractivity contribution in [2.24, 2.45) is 0 Å². The molecule has 3 heterocycles. The maximum absolute atomic E-state index is 12.3. The Balaban J connectivity index is 0.00000208. The number of amides is 1. The smallest absolute Gasteiger partial charge is 0.312 e. The van der Waals surface area contributed by atoms with Gasteiger partial charge in [-0.05, 0) is 6.92 Å². The molecule has 0 bridgehead atoms. The van der Waals surface area contributed by atoms with Crippen molar-refractivity contribution in [3.8, 4) is 0 Å². The Morgan fingerprint density at radius 2 is 2.21 bits per heavy atom. The van der Waals surface area contributed by atoms with Gasteiger partial charge in [0.05, 0.1) is 13.0 Å². The SMILES string of the molecule is CCOC(=O)Cc1nnc(NC(=O)c2n[nH]c3c2CNCC3)s1.Cl. The summed E-state index contributed by atoms with van der Waals surface area (Å²) in [4.78, 5) is 23.7. The summed E-state index contributed by atoms with van der Waals surface area (Å²) in [5, 5.41) is 21.4. The Morgan fingerprint density at radius 3 is 3.00 bits per heavy atom. The summed E-state index contributed by atoms with van der Waals surface area (Å²) in [6.07, 6.45) is 0.862. The second-order valence-electron chi connectivity index (χ2n) is 4.89. The maximum Gasteiger partial charge on any atom is 0.312 e. The molecule has 130 valence electrons. The van der Waals surface area contributed by atoms with Crippen LogP contribution >= 0.6 is 23.7 Å². The molecule has 2 aromatic heterocycles. The molecule has 24 heavy (non-hydrogen) atoms. The Kier molecular flexibility index (Phi) is 6.23. The highest BCUT2D eigenvalue weighted by atomic mass is 35.5. The van der Waals surface area contributed by atoms with Crippen molar-refractivity contribution in [3.05, 3.63) is 22.0 Å². The van der Waals surface area contributed by atoms with Gasteiger partial charge in [-0.2, -0.15) is 5.10 Å². The zero-order chi connectivity index (χ0) is 16.2. The number of esters is 1. The average Bonchev–Trinajstić information content (AvgIpc) is 3.14. The van der Waals surface area contributed by atoms with Crippen LogP contribution in [0.5, 0.6) is 0 Å². The van der Waals surface area contributed by atoms with E-state index in [2.05, 4.69) is 31.0 Å². The number of nitrogens with one attached hydrogen (secondary N) is 3. The van der Waals surface area contributed by atoms with Crippen molar-refractivity contribution in [2.75, 3.05) is 18.5 Å². The number of anilines is 1. The molecule has 0 fully saturated rings. The lowest BCUT2D eigenvalue weighted by Crippen LogP contribution is -2.25. The van der Waals surface area contributed by atoms with Gasteiger partial charge < -0.3 is 10.1 Å². The zero-order valence-electron chi connectivity index (χ0n) is 12.9. The van der Waals surface area contributed by atoms with Crippen LogP contribution in [-0.4, -0.2) is 45.4 Å². The number of hydrogen-bond acceptors (Lipinski definition) is 8. The molecule has 1 aliphatic rings. The third kappa shape index (κ3) is 4.08. The minimum atomic E-state index is -0.367. The molecule has 3 N–H and O–H groups in total. The van der Waals surface area contributed by atoms with Crippen LogP contribution in [-0.2, 0) is 28.9 Å². The van der Waals surface area contributed by atoms with Crippen molar-refractivity contribution in [1.82, 2.24) is 25.7 Å². The van der Waals surface area contributed by atoms with E-state index < -0.39 is 0 Å². The number of hydrogen-bond donors (Lipinski definition) is 3. The largest absolute Gasteiger partial charge is 0.466 e. The summed E-state index contributed by atoms with van der Waals surface area (Å²) in [6.45, 7) is 3.53. The second-order valence-corrected chi connectivity index (χ2v) is 5.96. The van der Waals surface area contributed by atoms with Crippen LogP contribution in [0, 0.1) is 0 Å². The third-order valence-electron chi connectivity index (χ3n) is 3.31. The van der Waals surface area contributed by atoms with Gasteiger partial charge in [-0.1, -0.05) is 11.3 Å². The molecule has 1 aliphatic heterocycles. The summed E-state index contributed by atoms with van der Waals surface area (Å²) < 4.78 is 4.85. The minimum Gasteiger partial charge on any atom is -0.466 e. The van der Waals surface area contributed by atoms with E-state index in [0.29, 0.717) is 29.0 Å². The number of aromatic nitrogens is 4. The zero-order valence-corrected chi connectivity index (χ0v) is 14.6. The lowest BCUT2D eigenvalue weighted by molar-refractivity contribution is -0.142. The Hall–Kier alpha value is -2.04. The number of H-pyrrole nitrogens is 1. The first-order valence-corrected chi connectivity index (χ1v) is 8.05. The first-order chi connectivity index (χ1) is 11.2. The van der Waals surface area contributed by atoms with E-state index in [9.17, 15) is 9.59 Å². The van der Waals surface area contributed by atoms with Crippen molar-refractivity contribution in [2.45, 2.75) is 26.3 Å². The number of carbonyl (C=O) groups excluding carboxylic acids is 2. The number of rotatable bonds is 5. The fourth-order valence-corrected chi connectivity index (χ4v) is 3.00. The number of ether oxygens (including phenoxy) is 1. The molecule has 0 aromatic carbocycles. The minimum absolute atomic E-state index is 0. The molecule has 11 heteroatoms. The van der Waals surface area contributed by atoms with Crippen molar-refractivity contribution < 1.29 is 14.3 Å². The highest BCUT2D eigenvalue weighted by molar-refractivity contribution is 7.15. The molecule has 2 aromatic rings. The monoisotopic (exact) mass is 372 g/mol. The molecule has 0 spiro atoms. The van der Waals surface area contributed by atoms with Gasteiger partial charge in [0.25, 0.3) is 5.91 Å². The third-order valence-corrected chi connectivity index (χ3v) is 4.15. The molecule has 0 aliphatic carbocycles. The van der Waals surface area contributed by atoms with Crippen LogP contribution < -0.4 is 10.6 Å². The van der Waals surface area contributed by atoms with E-state index in [4.69, 9.17) is 4.74 Å². The number of halogens is 1. The average molecular weight is 373 g/mol. The Bertz CT molecular complexity index is 731. The molecule has 0 atom stereocenters. The fraction of sp³-hybridized carbons (Fsp3) is 0.462. The molecule has 0 unspecified atom stereocenters. The van der Waals surface area contributed by atoms with Gasteiger partial charge >= 0.3 is 5.97 Å². The molecular weight excluding hydrogens is 356 g/mol. The van der Waals surface area contributed by atoms with Crippen LogP contribution in [0.25, 0.3) is 0 Å². The van der Waals surface area contributed by atoms with Gasteiger partial charge in [-0.3, -0.25) is 20.0 Å². The van der Waals surface area contributed by atoms with E-state index in [1.807, 2.05) is 0 Å². The summed E-state index contributed by atoms with van der Waals surface area (Å²) in [5.41, 5.74) is 2.22. The summed E-state index contributed by atoms with van der Waals surface area (Å²) in [7, 11) is 0. The van der Waals surface area contributed by atoms with Gasteiger partial charge in [-0.25, -0.2) is 0 Å². The first kappa shape index (κ1) is 18.3. The van der Waals surface area contributed by atoms with E-state index >= 15 is 0 Å².